The highest BCUT2D eigenvalue weighted by Crippen LogP contribution is 2.46. The summed E-state index contributed by atoms with van der Waals surface area (Å²) in [5, 5.41) is 12.3. The smallest absolute Gasteiger partial charge is 0.316 e. The number of carbonyl (C=O) groups is 2. The minimum Gasteiger partial charge on any atom is -0.493 e. The SMILES string of the molecule is CC[C@H]1O[C@]2(CC[C@@H]1C)C[C@@H]1C[C@@H](C/C=C(\C)[C@H](OCCCc3ccc(OC)c(OC)c3)[C@@H](C)/C=C/C=C3\CO[C@@H]4C(=O)C(C)=C[C@@H](C(=O)O1)[C@]34O)O2. The third-order valence-corrected chi connectivity index (χ3v) is 11.9. The molecule has 290 valence electrons. The van der Waals surface area contributed by atoms with Gasteiger partial charge in [0.25, 0.3) is 0 Å². The van der Waals surface area contributed by atoms with Crippen LogP contribution in [-0.2, 0) is 39.7 Å². The Hall–Kier alpha value is -3.28. The standard InChI is InChI=1S/C43H58O10/c1-8-35-26(2)18-19-42(53-35)24-33-23-32(52-42)16-14-28(4)39(49-20-10-12-30-15-17-36(47-6)37(22-30)48-7)27(3)11-9-13-31-25-50-40-38(44)29(5)21-34(41(45)51-33)43(31,40)46/h9,11,13-15,17,21-22,26-27,32-35,39-40,46H,8,10,12,16,18-20,23-25H2,1-7H3/b11-9+,28-14+,31-13+/t26-,27-,32+,33-,34-,35+,39+,40+,42+,43+/m0/s1. The van der Waals surface area contributed by atoms with Gasteiger partial charge in [0, 0.05) is 31.8 Å². The van der Waals surface area contributed by atoms with E-state index in [0.717, 1.165) is 36.8 Å². The summed E-state index contributed by atoms with van der Waals surface area (Å²) in [5.41, 5.74) is 1.20. The maximum atomic E-state index is 14.1. The highest BCUT2D eigenvalue weighted by molar-refractivity contribution is 6.03. The van der Waals surface area contributed by atoms with Gasteiger partial charge >= 0.3 is 5.97 Å². The van der Waals surface area contributed by atoms with Crippen molar-refractivity contribution in [3.05, 3.63) is 70.9 Å². The molecule has 4 aliphatic heterocycles. The maximum absolute atomic E-state index is 14.1. The number of hydrogen-bond acceptors (Lipinski definition) is 10. The monoisotopic (exact) mass is 734 g/mol. The highest BCUT2D eigenvalue weighted by Gasteiger charge is 2.60. The van der Waals surface area contributed by atoms with Crippen LogP contribution in [-0.4, -0.2) is 86.2 Å². The van der Waals surface area contributed by atoms with E-state index in [1.807, 2.05) is 30.4 Å². The van der Waals surface area contributed by atoms with E-state index in [-0.39, 0.29) is 36.6 Å². The summed E-state index contributed by atoms with van der Waals surface area (Å²) in [6.07, 6.45) is 12.9. The van der Waals surface area contributed by atoms with Gasteiger partial charge in [-0.2, -0.15) is 0 Å². The lowest BCUT2D eigenvalue weighted by molar-refractivity contribution is -0.335. The Morgan fingerprint density at radius 1 is 1.04 bits per heavy atom. The summed E-state index contributed by atoms with van der Waals surface area (Å²) in [6, 6.07) is 5.97. The third kappa shape index (κ3) is 8.22. The fourth-order valence-corrected chi connectivity index (χ4v) is 8.82. The molecule has 0 radical (unpaired) electrons. The molecule has 1 aliphatic carbocycles. The molecule has 10 nitrogen and oxygen atoms in total. The molecule has 0 unspecified atom stereocenters. The fraction of sp³-hybridized carbons (Fsp3) is 0.628. The van der Waals surface area contributed by atoms with E-state index in [4.69, 9.17) is 33.2 Å². The Labute approximate surface area is 314 Å². The lowest BCUT2D eigenvalue weighted by Crippen LogP contribution is -2.57. The molecule has 1 aromatic carbocycles. The number of aliphatic hydroxyl groups is 1. The fourth-order valence-electron chi connectivity index (χ4n) is 8.82. The number of esters is 1. The predicted octanol–water partition coefficient (Wildman–Crippen LogP) is 6.78. The molecule has 2 bridgehead atoms. The van der Waals surface area contributed by atoms with Crippen LogP contribution in [0.25, 0.3) is 0 Å². The van der Waals surface area contributed by atoms with Gasteiger partial charge in [0.05, 0.1) is 39.1 Å². The predicted molar refractivity (Wildman–Crippen MR) is 200 cm³/mol. The minimum absolute atomic E-state index is 0.0262. The summed E-state index contributed by atoms with van der Waals surface area (Å²) in [6.45, 7) is 10.8. The van der Waals surface area contributed by atoms with Gasteiger partial charge < -0.3 is 38.3 Å². The second kappa shape index (κ2) is 16.6. The number of methoxy groups -OCH3 is 2. The van der Waals surface area contributed by atoms with E-state index >= 15 is 0 Å². The molecule has 4 heterocycles. The molecule has 3 fully saturated rings. The van der Waals surface area contributed by atoms with Crippen LogP contribution in [0.5, 0.6) is 11.5 Å². The van der Waals surface area contributed by atoms with Crippen molar-refractivity contribution in [2.24, 2.45) is 17.8 Å². The molecule has 0 saturated carbocycles. The zero-order valence-electron chi connectivity index (χ0n) is 32.4. The zero-order chi connectivity index (χ0) is 37.9. The largest absolute Gasteiger partial charge is 0.493 e. The van der Waals surface area contributed by atoms with Crippen LogP contribution in [0.15, 0.2) is 65.3 Å². The molecule has 1 aromatic rings. The van der Waals surface area contributed by atoms with Crippen LogP contribution >= 0.6 is 0 Å². The van der Waals surface area contributed by atoms with Crippen molar-refractivity contribution < 1.29 is 47.9 Å². The average Bonchev–Trinajstić information content (AvgIpc) is 3.49. The van der Waals surface area contributed by atoms with Crippen LogP contribution in [0.2, 0.25) is 0 Å². The van der Waals surface area contributed by atoms with Crippen molar-refractivity contribution in [3.63, 3.8) is 0 Å². The molecular weight excluding hydrogens is 676 g/mol. The van der Waals surface area contributed by atoms with Crippen molar-refractivity contribution in [3.8, 4) is 11.5 Å². The maximum Gasteiger partial charge on any atom is 0.316 e. The molecule has 10 heteroatoms. The molecule has 5 aliphatic rings. The normalized spacial score (nSPS) is 38.8. The number of ether oxygens (including phenoxy) is 7. The Bertz CT molecular complexity index is 1630. The lowest BCUT2D eigenvalue weighted by Gasteiger charge is -2.49. The van der Waals surface area contributed by atoms with E-state index < -0.39 is 35.5 Å². The Kier molecular flexibility index (Phi) is 12.4. The van der Waals surface area contributed by atoms with Crippen LogP contribution in [0.4, 0.5) is 0 Å². The van der Waals surface area contributed by atoms with Gasteiger partial charge in [0.2, 0.25) is 0 Å². The van der Waals surface area contributed by atoms with E-state index in [1.54, 1.807) is 33.3 Å². The second-order valence-electron chi connectivity index (χ2n) is 15.6. The van der Waals surface area contributed by atoms with Gasteiger partial charge in [-0.15, -0.1) is 0 Å². The Morgan fingerprint density at radius 3 is 2.58 bits per heavy atom. The van der Waals surface area contributed by atoms with Crippen LogP contribution in [0.3, 0.4) is 0 Å². The number of aryl methyl sites for hydroxylation is 1. The molecule has 0 aromatic heterocycles. The first-order chi connectivity index (χ1) is 25.4. The van der Waals surface area contributed by atoms with E-state index in [0.29, 0.717) is 60.9 Å². The second-order valence-corrected chi connectivity index (χ2v) is 15.6. The molecule has 1 N–H and O–H groups in total. The molecule has 53 heavy (non-hydrogen) atoms. The van der Waals surface area contributed by atoms with Gasteiger partial charge in [0.15, 0.2) is 29.2 Å². The summed E-state index contributed by atoms with van der Waals surface area (Å²) < 4.78 is 43.3. The number of hydrogen-bond donors (Lipinski definition) is 1. The van der Waals surface area contributed by atoms with Gasteiger partial charge in [-0.3, -0.25) is 9.59 Å². The quantitative estimate of drug-likeness (QED) is 0.174. The Balaban J connectivity index is 1.29. The van der Waals surface area contributed by atoms with E-state index in [2.05, 4.69) is 33.8 Å². The van der Waals surface area contributed by atoms with Crippen molar-refractivity contribution in [1.29, 1.82) is 0 Å². The minimum atomic E-state index is -1.86. The molecule has 6 rings (SSSR count). The summed E-state index contributed by atoms with van der Waals surface area (Å²) in [5.74, 6) is -1.12. The Morgan fingerprint density at radius 2 is 1.83 bits per heavy atom. The first-order valence-electron chi connectivity index (χ1n) is 19.4. The lowest BCUT2D eigenvalue weighted by atomic mass is 9.71. The zero-order valence-corrected chi connectivity index (χ0v) is 32.4. The number of benzene rings is 1. The van der Waals surface area contributed by atoms with Crippen LogP contribution < -0.4 is 9.47 Å². The topological polar surface area (TPSA) is 119 Å². The van der Waals surface area contributed by atoms with Gasteiger partial charge in [-0.1, -0.05) is 57.2 Å². The van der Waals surface area contributed by atoms with Gasteiger partial charge in [0.1, 0.15) is 17.6 Å². The number of allylic oxidation sites excluding steroid dienone is 2. The third-order valence-electron chi connectivity index (χ3n) is 11.9. The van der Waals surface area contributed by atoms with Gasteiger partial charge in [-0.05, 0) is 86.3 Å². The molecule has 10 atom stereocenters. The number of rotatable bonds is 8. The summed E-state index contributed by atoms with van der Waals surface area (Å²) >= 11 is 0. The van der Waals surface area contributed by atoms with Crippen molar-refractivity contribution in [2.45, 2.75) is 128 Å². The average molecular weight is 735 g/mol. The van der Waals surface area contributed by atoms with Gasteiger partial charge in [-0.25, -0.2) is 0 Å². The molecule has 1 spiro atoms. The summed E-state index contributed by atoms with van der Waals surface area (Å²) in [4.78, 5) is 27.4. The summed E-state index contributed by atoms with van der Waals surface area (Å²) in [7, 11) is 3.27. The molecular formula is C43H58O10. The highest BCUT2D eigenvalue weighted by atomic mass is 16.7. The van der Waals surface area contributed by atoms with Crippen molar-refractivity contribution in [1.82, 2.24) is 0 Å². The number of Topliss-reactive ketones (excluding diaryl/α,β-unsaturated/α-hetero) is 1. The number of ketones is 1. The van der Waals surface area contributed by atoms with E-state index in [9.17, 15) is 14.7 Å². The van der Waals surface area contributed by atoms with Crippen molar-refractivity contribution >= 4 is 11.8 Å². The van der Waals surface area contributed by atoms with Crippen LogP contribution in [0, 0.1) is 17.8 Å². The first kappa shape index (κ1) is 39.4. The number of fused-ring (bicyclic) bond motifs is 2. The van der Waals surface area contributed by atoms with Crippen molar-refractivity contribution in [2.75, 3.05) is 27.4 Å². The first-order valence-corrected chi connectivity index (χ1v) is 19.4. The van der Waals surface area contributed by atoms with E-state index in [1.165, 1.54) is 0 Å². The molecule has 0 amide bonds. The number of carbonyl (C=O) groups excluding carboxylic acids is 2. The van der Waals surface area contributed by atoms with Crippen LogP contribution in [0.1, 0.15) is 85.1 Å². The molecule has 3 saturated heterocycles.